The molecule has 1 amide bonds. The van der Waals surface area contributed by atoms with Gasteiger partial charge in [-0.1, -0.05) is 0 Å². The molecule has 1 saturated carbocycles. The number of benzene rings is 1. The molecule has 1 aliphatic carbocycles. The van der Waals surface area contributed by atoms with E-state index in [-0.39, 0.29) is 11.3 Å². The molecule has 1 N–H and O–H groups in total. The summed E-state index contributed by atoms with van der Waals surface area (Å²) in [5, 5.41) is 2.98. The van der Waals surface area contributed by atoms with E-state index in [4.69, 9.17) is 4.74 Å². The van der Waals surface area contributed by atoms with Gasteiger partial charge in [0.15, 0.2) is 5.75 Å². The topological polar surface area (TPSA) is 60.5 Å². The third kappa shape index (κ3) is 3.72. The lowest BCUT2D eigenvalue weighted by atomic mass is 9.77. The number of rotatable bonds is 6. The van der Waals surface area contributed by atoms with Crippen LogP contribution in [-0.2, 0) is 9.53 Å². The minimum absolute atomic E-state index is 0.129. The standard InChI is InChI=1S/C17H16F4N2O3/c1-25-14(9-7-17(20,21)8-9)15(24)23-11-4-5-12(26-16(18)19)13-10(11)3-2-6-22-13/h2-6,9,14,16H,7-8H2,1H3,(H,23,24). The predicted octanol–water partition coefficient (Wildman–Crippen LogP) is 3.84. The fourth-order valence-corrected chi connectivity index (χ4v) is 3.09. The van der Waals surface area contributed by atoms with Gasteiger partial charge in [-0.2, -0.15) is 8.78 Å². The lowest BCUT2D eigenvalue weighted by Gasteiger charge is -2.38. The molecule has 9 heteroatoms. The predicted molar refractivity (Wildman–Crippen MR) is 85.5 cm³/mol. The van der Waals surface area contributed by atoms with Crippen molar-refractivity contribution in [1.29, 1.82) is 0 Å². The second-order valence-corrected chi connectivity index (χ2v) is 6.06. The largest absolute Gasteiger partial charge is 0.432 e. The van der Waals surface area contributed by atoms with E-state index in [1.807, 2.05) is 0 Å². The Hall–Kier alpha value is -2.42. The second-order valence-electron chi connectivity index (χ2n) is 6.06. The number of hydrogen-bond acceptors (Lipinski definition) is 4. The maximum absolute atomic E-state index is 13.1. The highest BCUT2D eigenvalue weighted by molar-refractivity contribution is 6.04. The van der Waals surface area contributed by atoms with Crippen molar-refractivity contribution in [3.63, 3.8) is 0 Å². The van der Waals surface area contributed by atoms with Crippen LogP contribution in [0.1, 0.15) is 12.8 Å². The zero-order chi connectivity index (χ0) is 18.9. The van der Waals surface area contributed by atoms with Gasteiger partial charge in [0.25, 0.3) is 5.91 Å². The molecule has 1 aliphatic rings. The first-order valence-corrected chi connectivity index (χ1v) is 7.85. The number of fused-ring (bicyclic) bond motifs is 1. The van der Waals surface area contributed by atoms with Crippen LogP contribution in [0.5, 0.6) is 5.75 Å². The SMILES string of the molecule is COC(C(=O)Nc1ccc(OC(F)F)c2ncccc12)C1CC(F)(F)C1. The van der Waals surface area contributed by atoms with Crippen LogP contribution in [0.3, 0.4) is 0 Å². The van der Waals surface area contributed by atoms with Gasteiger partial charge in [0.05, 0.1) is 5.69 Å². The molecular weight excluding hydrogens is 356 g/mol. The summed E-state index contributed by atoms with van der Waals surface area (Å²) in [6, 6.07) is 5.80. The fraction of sp³-hybridized carbons (Fsp3) is 0.412. The molecule has 1 unspecified atom stereocenters. The summed E-state index contributed by atoms with van der Waals surface area (Å²) in [7, 11) is 1.28. The number of methoxy groups -OCH3 is 1. The Balaban J connectivity index is 1.83. The monoisotopic (exact) mass is 372 g/mol. The lowest BCUT2D eigenvalue weighted by molar-refractivity contribution is -0.158. The molecule has 2 aromatic rings. The molecular formula is C17H16F4N2O3. The molecule has 1 aromatic carbocycles. The Morgan fingerprint density at radius 2 is 2.04 bits per heavy atom. The van der Waals surface area contributed by atoms with Gasteiger partial charge in [0.2, 0.25) is 5.92 Å². The molecule has 1 fully saturated rings. The van der Waals surface area contributed by atoms with Crippen molar-refractivity contribution in [2.45, 2.75) is 31.5 Å². The lowest BCUT2D eigenvalue weighted by Crippen LogP contribution is -2.47. The number of amides is 1. The van der Waals surface area contributed by atoms with Gasteiger partial charge in [-0.25, -0.2) is 8.78 Å². The number of pyridine rings is 1. The summed E-state index contributed by atoms with van der Waals surface area (Å²) in [5.41, 5.74) is 0.447. The first-order chi connectivity index (χ1) is 12.3. The number of anilines is 1. The molecule has 1 aromatic heterocycles. The van der Waals surface area contributed by atoms with E-state index >= 15 is 0 Å². The van der Waals surface area contributed by atoms with Crippen LogP contribution in [0.25, 0.3) is 10.9 Å². The molecule has 140 valence electrons. The third-order valence-corrected chi connectivity index (χ3v) is 4.27. The van der Waals surface area contributed by atoms with Gasteiger partial charge in [0.1, 0.15) is 11.6 Å². The fourth-order valence-electron chi connectivity index (χ4n) is 3.09. The number of ether oxygens (including phenoxy) is 2. The maximum atomic E-state index is 13.1. The second kappa shape index (κ2) is 7.06. The summed E-state index contributed by atoms with van der Waals surface area (Å²) in [6.07, 6.45) is -0.454. The van der Waals surface area contributed by atoms with Crippen LogP contribution < -0.4 is 10.1 Å². The van der Waals surface area contributed by atoms with E-state index in [0.717, 1.165) is 0 Å². The number of halogens is 4. The van der Waals surface area contributed by atoms with Crippen molar-refractivity contribution < 1.29 is 31.8 Å². The van der Waals surface area contributed by atoms with E-state index in [1.165, 1.54) is 25.4 Å². The van der Waals surface area contributed by atoms with Crippen molar-refractivity contribution >= 4 is 22.5 Å². The van der Waals surface area contributed by atoms with Crippen molar-refractivity contribution in [2.24, 2.45) is 5.92 Å². The third-order valence-electron chi connectivity index (χ3n) is 4.27. The van der Waals surface area contributed by atoms with E-state index in [2.05, 4.69) is 15.0 Å². The van der Waals surface area contributed by atoms with Gasteiger partial charge in [-0.05, 0) is 24.3 Å². The van der Waals surface area contributed by atoms with Crippen LogP contribution in [0.4, 0.5) is 23.2 Å². The van der Waals surface area contributed by atoms with E-state index in [0.29, 0.717) is 11.1 Å². The Morgan fingerprint density at radius 3 is 2.65 bits per heavy atom. The molecule has 1 heterocycles. The molecule has 1 atom stereocenters. The smallest absolute Gasteiger partial charge is 0.387 e. The highest BCUT2D eigenvalue weighted by atomic mass is 19.3. The number of alkyl halides is 4. The highest BCUT2D eigenvalue weighted by Crippen LogP contribution is 2.45. The number of carbonyl (C=O) groups is 1. The molecule has 0 bridgehead atoms. The minimum Gasteiger partial charge on any atom is -0.432 e. The zero-order valence-electron chi connectivity index (χ0n) is 13.7. The van der Waals surface area contributed by atoms with Crippen molar-refractivity contribution in [3.8, 4) is 5.75 Å². The van der Waals surface area contributed by atoms with Crippen LogP contribution in [0.15, 0.2) is 30.5 Å². The van der Waals surface area contributed by atoms with Crippen LogP contribution in [-0.4, -0.2) is 36.6 Å². The number of carbonyl (C=O) groups excluding carboxylic acids is 1. The molecule has 5 nitrogen and oxygen atoms in total. The van der Waals surface area contributed by atoms with Crippen LogP contribution in [0, 0.1) is 5.92 Å². The van der Waals surface area contributed by atoms with Crippen LogP contribution >= 0.6 is 0 Å². The average Bonchev–Trinajstić information content (AvgIpc) is 2.56. The summed E-state index contributed by atoms with van der Waals surface area (Å²) >= 11 is 0. The van der Waals surface area contributed by atoms with Gasteiger partial charge < -0.3 is 14.8 Å². The van der Waals surface area contributed by atoms with Gasteiger partial charge >= 0.3 is 6.61 Å². The molecule has 0 saturated heterocycles. The summed E-state index contributed by atoms with van der Waals surface area (Å²) in [5.74, 6) is -4.07. The normalized spacial score (nSPS) is 17.8. The Morgan fingerprint density at radius 1 is 1.31 bits per heavy atom. The Kier molecular flexibility index (Phi) is 4.99. The number of aromatic nitrogens is 1. The number of nitrogens with one attached hydrogen (secondary N) is 1. The van der Waals surface area contributed by atoms with Crippen molar-refractivity contribution in [2.75, 3.05) is 12.4 Å². The summed E-state index contributed by atoms with van der Waals surface area (Å²) in [4.78, 5) is 16.5. The first kappa shape index (κ1) is 18.4. The molecule has 0 radical (unpaired) electrons. The highest BCUT2D eigenvalue weighted by Gasteiger charge is 2.50. The van der Waals surface area contributed by atoms with E-state index in [9.17, 15) is 22.4 Å². The quantitative estimate of drug-likeness (QED) is 0.783. The van der Waals surface area contributed by atoms with E-state index in [1.54, 1.807) is 12.1 Å². The number of nitrogens with zero attached hydrogens (tertiary/aromatic N) is 1. The van der Waals surface area contributed by atoms with Crippen molar-refractivity contribution in [1.82, 2.24) is 4.98 Å². The van der Waals surface area contributed by atoms with Gasteiger partial charge in [-0.15, -0.1) is 0 Å². The molecule has 26 heavy (non-hydrogen) atoms. The van der Waals surface area contributed by atoms with Gasteiger partial charge in [-0.3, -0.25) is 9.78 Å². The summed E-state index contributed by atoms with van der Waals surface area (Å²) in [6.45, 7) is -3.01. The first-order valence-electron chi connectivity index (χ1n) is 7.85. The molecule has 3 rings (SSSR count). The minimum atomic E-state index is -3.01. The Labute approximate surface area is 146 Å². The van der Waals surface area contributed by atoms with Crippen molar-refractivity contribution in [3.05, 3.63) is 30.5 Å². The molecule has 0 aliphatic heterocycles. The number of hydrogen-bond donors (Lipinski definition) is 1. The van der Waals surface area contributed by atoms with Crippen LogP contribution in [0.2, 0.25) is 0 Å². The summed E-state index contributed by atoms with van der Waals surface area (Å²) < 4.78 is 60.7. The van der Waals surface area contributed by atoms with Gasteiger partial charge in [0, 0.05) is 37.5 Å². The average molecular weight is 372 g/mol. The molecule has 0 spiro atoms. The Bertz CT molecular complexity index is 808. The zero-order valence-corrected chi connectivity index (χ0v) is 13.7. The maximum Gasteiger partial charge on any atom is 0.387 e. The van der Waals surface area contributed by atoms with E-state index < -0.39 is 43.3 Å².